The van der Waals surface area contributed by atoms with Crippen LogP contribution in [0.15, 0.2) is 24.3 Å². The molecule has 2 unspecified atom stereocenters. The fraction of sp³-hybridized carbons (Fsp3) is 0.600. The molecule has 100 valence electrons. The second-order valence-corrected chi connectivity index (χ2v) is 5.47. The first-order chi connectivity index (χ1) is 8.67. The van der Waals surface area contributed by atoms with Gasteiger partial charge in [0.25, 0.3) is 0 Å². The van der Waals surface area contributed by atoms with E-state index in [0.717, 1.165) is 31.6 Å². The third-order valence-electron chi connectivity index (χ3n) is 3.64. The number of nitrogens with zero attached hydrogens (tertiary/aromatic N) is 1. The summed E-state index contributed by atoms with van der Waals surface area (Å²) >= 11 is 0. The molecule has 0 saturated carbocycles. The molecule has 1 aromatic rings. The highest BCUT2D eigenvalue weighted by Gasteiger charge is 2.24. The first kappa shape index (κ1) is 13.5. The summed E-state index contributed by atoms with van der Waals surface area (Å²) in [7, 11) is 0. The van der Waals surface area contributed by atoms with Crippen LogP contribution in [-0.2, 0) is 6.54 Å². The molecular formula is C15H23FN2. The maximum absolute atomic E-state index is 13.2. The molecule has 2 N–H and O–H groups in total. The Morgan fingerprint density at radius 3 is 2.94 bits per heavy atom. The van der Waals surface area contributed by atoms with E-state index in [1.807, 2.05) is 6.07 Å². The molecule has 1 aromatic carbocycles. The van der Waals surface area contributed by atoms with E-state index in [2.05, 4.69) is 11.8 Å². The smallest absolute Gasteiger partial charge is 0.123 e. The number of nitrogens with two attached hydrogens (primary N) is 1. The summed E-state index contributed by atoms with van der Waals surface area (Å²) in [4.78, 5) is 2.36. The van der Waals surface area contributed by atoms with Crippen LogP contribution in [0.5, 0.6) is 0 Å². The highest BCUT2D eigenvalue weighted by Crippen LogP contribution is 2.22. The molecule has 1 aliphatic heterocycles. The number of likely N-dealkylation sites (tertiary alicyclic amines) is 1. The van der Waals surface area contributed by atoms with E-state index in [1.165, 1.54) is 18.9 Å². The molecule has 2 rings (SSSR count). The Balaban J connectivity index is 1.95. The van der Waals surface area contributed by atoms with Crippen molar-refractivity contribution >= 4 is 0 Å². The van der Waals surface area contributed by atoms with Gasteiger partial charge in [0.15, 0.2) is 0 Å². The molecule has 2 nitrogen and oxygen atoms in total. The second kappa shape index (κ2) is 6.30. The van der Waals surface area contributed by atoms with Gasteiger partial charge in [0.05, 0.1) is 0 Å². The number of hydrogen-bond donors (Lipinski definition) is 1. The molecule has 0 aliphatic carbocycles. The Kier molecular flexibility index (Phi) is 4.72. The van der Waals surface area contributed by atoms with E-state index in [9.17, 15) is 4.39 Å². The molecular weight excluding hydrogens is 227 g/mol. The fourth-order valence-corrected chi connectivity index (χ4v) is 2.99. The Hall–Kier alpha value is -0.930. The fourth-order valence-electron chi connectivity index (χ4n) is 2.99. The van der Waals surface area contributed by atoms with E-state index < -0.39 is 0 Å². The van der Waals surface area contributed by atoms with Crippen molar-refractivity contribution in [3.8, 4) is 0 Å². The van der Waals surface area contributed by atoms with Crippen LogP contribution in [0, 0.1) is 11.7 Å². The summed E-state index contributed by atoms with van der Waals surface area (Å²) in [5.74, 6) is 0.547. The third kappa shape index (κ3) is 3.79. The van der Waals surface area contributed by atoms with Crippen molar-refractivity contribution < 1.29 is 4.39 Å². The van der Waals surface area contributed by atoms with Gasteiger partial charge in [-0.3, -0.25) is 4.90 Å². The van der Waals surface area contributed by atoms with E-state index in [4.69, 9.17) is 5.73 Å². The van der Waals surface area contributed by atoms with Gasteiger partial charge in [-0.05, 0) is 36.5 Å². The van der Waals surface area contributed by atoms with Gasteiger partial charge in [0, 0.05) is 25.7 Å². The van der Waals surface area contributed by atoms with Gasteiger partial charge in [-0.1, -0.05) is 25.5 Å². The first-order valence-corrected chi connectivity index (χ1v) is 6.89. The molecule has 0 spiro atoms. The second-order valence-electron chi connectivity index (χ2n) is 5.47. The van der Waals surface area contributed by atoms with Gasteiger partial charge < -0.3 is 5.73 Å². The van der Waals surface area contributed by atoms with Crippen LogP contribution >= 0.6 is 0 Å². The molecule has 0 aromatic heterocycles. The number of rotatable bonds is 4. The lowest BCUT2D eigenvalue weighted by Crippen LogP contribution is -2.46. The zero-order chi connectivity index (χ0) is 13.0. The van der Waals surface area contributed by atoms with Crippen LogP contribution in [0.1, 0.15) is 31.7 Å². The van der Waals surface area contributed by atoms with Crippen LogP contribution in [0.2, 0.25) is 0 Å². The lowest BCUT2D eigenvalue weighted by atomic mass is 9.91. The van der Waals surface area contributed by atoms with E-state index in [-0.39, 0.29) is 11.9 Å². The molecule has 1 fully saturated rings. The van der Waals surface area contributed by atoms with Crippen molar-refractivity contribution in [3.05, 3.63) is 35.6 Å². The normalized spacial score (nSPS) is 25.3. The van der Waals surface area contributed by atoms with E-state index in [1.54, 1.807) is 12.1 Å². The summed E-state index contributed by atoms with van der Waals surface area (Å²) in [5.41, 5.74) is 7.15. The zero-order valence-corrected chi connectivity index (χ0v) is 11.1. The minimum atomic E-state index is -0.154. The third-order valence-corrected chi connectivity index (χ3v) is 3.64. The standard InChI is InChI=1S/C15H23FN2/c1-2-4-12-8-15(17)11-18(9-12)10-13-5-3-6-14(16)7-13/h3,5-7,12,15H,2,4,8-11,17H2,1H3. The SMILES string of the molecule is CCCC1CC(N)CN(Cc2cccc(F)c2)C1. The van der Waals surface area contributed by atoms with Crippen molar-refractivity contribution in [1.29, 1.82) is 0 Å². The highest BCUT2D eigenvalue weighted by molar-refractivity contribution is 5.16. The van der Waals surface area contributed by atoms with Gasteiger partial charge in [0.1, 0.15) is 5.82 Å². The predicted molar refractivity (Wildman–Crippen MR) is 72.7 cm³/mol. The minimum absolute atomic E-state index is 0.154. The lowest BCUT2D eigenvalue weighted by molar-refractivity contribution is 0.144. The highest BCUT2D eigenvalue weighted by atomic mass is 19.1. The Morgan fingerprint density at radius 2 is 2.22 bits per heavy atom. The average Bonchev–Trinajstić information content (AvgIpc) is 2.28. The minimum Gasteiger partial charge on any atom is -0.327 e. The topological polar surface area (TPSA) is 29.3 Å². The van der Waals surface area contributed by atoms with Crippen molar-refractivity contribution in [2.24, 2.45) is 11.7 Å². The molecule has 2 atom stereocenters. The van der Waals surface area contributed by atoms with E-state index in [0.29, 0.717) is 5.92 Å². The van der Waals surface area contributed by atoms with Crippen molar-refractivity contribution in [1.82, 2.24) is 4.90 Å². The summed E-state index contributed by atoms with van der Waals surface area (Å²) in [5, 5.41) is 0. The molecule has 3 heteroatoms. The summed E-state index contributed by atoms with van der Waals surface area (Å²) in [6.07, 6.45) is 3.59. The molecule has 1 saturated heterocycles. The molecule has 0 bridgehead atoms. The van der Waals surface area contributed by atoms with Gasteiger partial charge in [-0.2, -0.15) is 0 Å². The summed E-state index contributed by atoms with van der Waals surface area (Å²) in [6.45, 7) is 5.05. The Morgan fingerprint density at radius 1 is 1.39 bits per heavy atom. The number of piperidine rings is 1. The number of hydrogen-bond acceptors (Lipinski definition) is 2. The molecule has 1 aliphatic rings. The monoisotopic (exact) mass is 250 g/mol. The van der Waals surface area contributed by atoms with Crippen molar-refractivity contribution in [2.45, 2.75) is 38.8 Å². The maximum atomic E-state index is 13.2. The summed E-state index contributed by atoms with van der Waals surface area (Å²) in [6, 6.07) is 7.14. The molecule has 0 amide bonds. The predicted octanol–water partition coefficient (Wildman–Crippen LogP) is 2.78. The van der Waals surface area contributed by atoms with Crippen molar-refractivity contribution in [3.63, 3.8) is 0 Å². The van der Waals surface area contributed by atoms with Gasteiger partial charge in [-0.15, -0.1) is 0 Å². The number of halogens is 1. The average molecular weight is 250 g/mol. The van der Waals surface area contributed by atoms with Gasteiger partial charge in [0.2, 0.25) is 0 Å². The van der Waals surface area contributed by atoms with Crippen LogP contribution in [-0.4, -0.2) is 24.0 Å². The quantitative estimate of drug-likeness (QED) is 0.890. The van der Waals surface area contributed by atoms with Crippen molar-refractivity contribution in [2.75, 3.05) is 13.1 Å². The molecule has 0 radical (unpaired) electrons. The summed E-state index contributed by atoms with van der Waals surface area (Å²) < 4.78 is 13.2. The van der Waals surface area contributed by atoms with Crippen LogP contribution < -0.4 is 5.73 Å². The van der Waals surface area contributed by atoms with Crippen LogP contribution in [0.3, 0.4) is 0 Å². The van der Waals surface area contributed by atoms with Crippen LogP contribution in [0.25, 0.3) is 0 Å². The largest absolute Gasteiger partial charge is 0.327 e. The first-order valence-electron chi connectivity index (χ1n) is 6.89. The number of benzene rings is 1. The maximum Gasteiger partial charge on any atom is 0.123 e. The van der Waals surface area contributed by atoms with Gasteiger partial charge >= 0.3 is 0 Å². The van der Waals surface area contributed by atoms with Gasteiger partial charge in [-0.25, -0.2) is 4.39 Å². The zero-order valence-electron chi connectivity index (χ0n) is 11.1. The Bertz CT molecular complexity index is 381. The molecule has 1 heterocycles. The molecule has 18 heavy (non-hydrogen) atoms. The van der Waals surface area contributed by atoms with E-state index >= 15 is 0 Å². The Labute approximate surface area is 109 Å². The van der Waals surface area contributed by atoms with Crippen LogP contribution in [0.4, 0.5) is 4.39 Å². The lowest BCUT2D eigenvalue weighted by Gasteiger charge is -2.36.